The van der Waals surface area contributed by atoms with Crippen molar-refractivity contribution in [2.45, 2.75) is 13.0 Å². The highest BCUT2D eigenvalue weighted by molar-refractivity contribution is 5.95. The van der Waals surface area contributed by atoms with Gasteiger partial charge < -0.3 is 20.7 Å². The number of carbonyl (C=O) groups is 2. The lowest BCUT2D eigenvalue weighted by Crippen LogP contribution is -2.52. The monoisotopic (exact) mass is 277 g/mol. The van der Waals surface area contributed by atoms with Crippen LogP contribution in [-0.4, -0.2) is 49.0 Å². The first kappa shape index (κ1) is 14.3. The van der Waals surface area contributed by atoms with Crippen molar-refractivity contribution in [1.82, 2.24) is 10.2 Å². The number of benzene rings is 1. The lowest BCUT2D eigenvalue weighted by atomic mass is 10.1. The van der Waals surface area contributed by atoms with Gasteiger partial charge in [0.2, 0.25) is 0 Å². The van der Waals surface area contributed by atoms with Gasteiger partial charge >= 0.3 is 0 Å². The van der Waals surface area contributed by atoms with Gasteiger partial charge in [0, 0.05) is 31.2 Å². The Bertz CT molecular complexity index is 504. The van der Waals surface area contributed by atoms with Crippen molar-refractivity contribution in [2.24, 2.45) is 5.73 Å². The van der Waals surface area contributed by atoms with Crippen molar-refractivity contribution in [3.8, 4) is 5.75 Å². The molecule has 108 valence electrons. The number of hydrogen-bond donors (Lipinski definition) is 2. The van der Waals surface area contributed by atoms with Gasteiger partial charge in [0.1, 0.15) is 5.75 Å². The zero-order valence-corrected chi connectivity index (χ0v) is 11.5. The van der Waals surface area contributed by atoms with Gasteiger partial charge in [-0.1, -0.05) is 6.07 Å². The third-order valence-corrected chi connectivity index (χ3v) is 3.22. The predicted molar refractivity (Wildman–Crippen MR) is 74.5 cm³/mol. The van der Waals surface area contributed by atoms with Crippen molar-refractivity contribution < 1.29 is 14.3 Å². The van der Waals surface area contributed by atoms with Crippen LogP contribution in [0, 0.1) is 0 Å². The molecule has 2 rings (SSSR count). The van der Waals surface area contributed by atoms with Gasteiger partial charge in [-0.2, -0.15) is 0 Å². The summed E-state index contributed by atoms with van der Waals surface area (Å²) in [6, 6.07) is 6.97. The Morgan fingerprint density at radius 1 is 1.50 bits per heavy atom. The van der Waals surface area contributed by atoms with Gasteiger partial charge in [-0.3, -0.25) is 9.59 Å². The third kappa shape index (κ3) is 3.48. The summed E-state index contributed by atoms with van der Waals surface area (Å²) in [6.45, 7) is 4.10. The molecule has 6 nitrogen and oxygen atoms in total. The standard InChI is InChI=1S/C14H19N3O3/c1-10-8-16-5-6-17(10)14(19)11-3-2-4-12(7-11)20-9-13(15)18/h2-4,7,10,16H,5-6,8-9H2,1H3,(H2,15,18)/t10-/m1/s1. The van der Waals surface area contributed by atoms with Gasteiger partial charge in [-0.25, -0.2) is 0 Å². The van der Waals surface area contributed by atoms with Gasteiger partial charge in [0.05, 0.1) is 0 Å². The van der Waals surface area contributed by atoms with Gasteiger partial charge in [-0.05, 0) is 25.1 Å². The summed E-state index contributed by atoms with van der Waals surface area (Å²) in [4.78, 5) is 25.0. The van der Waals surface area contributed by atoms with Gasteiger partial charge in [-0.15, -0.1) is 0 Å². The van der Waals surface area contributed by atoms with E-state index in [4.69, 9.17) is 10.5 Å². The second-order valence-corrected chi connectivity index (χ2v) is 4.83. The second kappa shape index (κ2) is 6.38. The molecular formula is C14H19N3O3. The molecule has 0 aliphatic carbocycles. The molecule has 6 heteroatoms. The summed E-state index contributed by atoms with van der Waals surface area (Å²) in [5.74, 6) is -0.0987. The van der Waals surface area contributed by atoms with Crippen LogP contribution in [0.3, 0.4) is 0 Å². The first-order chi connectivity index (χ1) is 9.58. The van der Waals surface area contributed by atoms with Crippen LogP contribution >= 0.6 is 0 Å². The van der Waals surface area contributed by atoms with Crippen LogP contribution in [0.25, 0.3) is 0 Å². The largest absolute Gasteiger partial charge is 0.484 e. The number of piperazine rings is 1. The first-order valence-electron chi connectivity index (χ1n) is 6.61. The molecule has 0 aromatic heterocycles. The Hall–Kier alpha value is -2.08. The highest BCUT2D eigenvalue weighted by Crippen LogP contribution is 2.16. The molecule has 3 N–H and O–H groups in total. The number of amides is 2. The van der Waals surface area contributed by atoms with E-state index in [2.05, 4.69) is 5.32 Å². The molecule has 0 saturated carbocycles. The fraction of sp³-hybridized carbons (Fsp3) is 0.429. The van der Waals surface area contributed by atoms with E-state index in [1.807, 2.05) is 11.8 Å². The number of hydrogen-bond acceptors (Lipinski definition) is 4. The van der Waals surface area contributed by atoms with E-state index in [9.17, 15) is 9.59 Å². The second-order valence-electron chi connectivity index (χ2n) is 4.83. The molecule has 0 unspecified atom stereocenters. The number of rotatable bonds is 4. The molecule has 1 aliphatic rings. The van der Waals surface area contributed by atoms with E-state index < -0.39 is 5.91 Å². The molecule has 20 heavy (non-hydrogen) atoms. The van der Waals surface area contributed by atoms with Crippen LogP contribution in [0.1, 0.15) is 17.3 Å². The van der Waals surface area contributed by atoms with Crippen LogP contribution < -0.4 is 15.8 Å². The smallest absolute Gasteiger partial charge is 0.255 e. The molecule has 0 bridgehead atoms. The number of nitrogens with zero attached hydrogens (tertiary/aromatic N) is 1. The average Bonchev–Trinajstić information content (AvgIpc) is 2.45. The van der Waals surface area contributed by atoms with Gasteiger partial charge in [0.25, 0.3) is 11.8 Å². The molecule has 1 heterocycles. The molecule has 1 saturated heterocycles. The normalized spacial score (nSPS) is 18.6. The fourth-order valence-corrected chi connectivity index (χ4v) is 2.18. The van der Waals surface area contributed by atoms with E-state index in [0.29, 0.717) is 17.9 Å². The summed E-state index contributed by atoms with van der Waals surface area (Å²) in [5, 5.41) is 3.25. The van der Waals surface area contributed by atoms with Crippen LogP contribution in [-0.2, 0) is 4.79 Å². The van der Waals surface area contributed by atoms with Crippen LogP contribution in [0.2, 0.25) is 0 Å². The summed E-state index contributed by atoms with van der Waals surface area (Å²) < 4.78 is 5.21. The van der Waals surface area contributed by atoms with Gasteiger partial charge in [0.15, 0.2) is 6.61 Å². The Balaban J connectivity index is 2.09. The fourth-order valence-electron chi connectivity index (χ4n) is 2.18. The number of nitrogens with one attached hydrogen (secondary N) is 1. The van der Waals surface area contributed by atoms with Crippen LogP contribution in [0.5, 0.6) is 5.75 Å². The lowest BCUT2D eigenvalue weighted by molar-refractivity contribution is -0.119. The average molecular weight is 277 g/mol. The Kier molecular flexibility index (Phi) is 4.57. The molecule has 1 aromatic rings. The van der Waals surface area contributed by atoms with E-state index in [-0.39, 0.29) is 18.6 Å². The molecule has 2 amide bonds. The zero-order chi connectivity index (χ0) is 14.5. The predicted octanol–water partition coefficient (Wildman–Crippen LogP) is -0.0154. The topological polar surface area (TPSA) is 84.7 Å². The minimum absolute atomic E-state index is 0.0245. The minimum Gasteiger partial charge on any atom is -0.484 e. The maximum absolute atomic E-state index is 12.5. The number of carbonyl (C=O) groups excluding carboxylic acids is 2. The number of primary amides is 1. The van der Waals surface area contributed by atoms with Crippen molar-refractivity contribution in [3.05, 3.63) is 29.8 Å². The Morgan fingerprint density at radius 3 is 3.00 bits per heavy atom. The minimum atomic E-state index is -0.544. The number of ether oxygens (including phenoxy) is 1. The summed E-state index contributed by atoms with van der Waals surface area (Å²) in [7, 11) is 0. The summed E-state index contributed by atoms with van der Waals surface area (Å²) in [6.07, 6.45) is 0. The van der Waals surface area contributed by atoms with Crippen molar-refractivity contribution in [2.75, 3.05) is 26.2 Å². The third-order valence-electron chi connectivity index (χ3n) is 3.22. The molecule has 0 spiro atoms. The first-order valence-corrected chi connectivity index (χ1v) is 6.61. The maximum atomic E-state index is 12.5. The SMILES string of the molecule is C[C@@H]1CNCCN1C(=O)c1cccc(OCC(N)=O)c1. The molecule has 1 aromatic carbocycles. The molecule has 1 aliphatic heterocycles. The van der Waals surface area contributed by atoms with Crippen LogP contribution in [0.4, 0.5) is 0 Å². The van der Waals surface area contributed by atoms with Crippen molar-refractivity contribution in [1.29, 1.82) is 0 Å². The Labute approximate surface area is 117 Å². The lowest BCUT2D eigenvalue weighted by Gasteiger charge is -2.34. The van der Waals surface area contributed by atoms with Crippen molar-refractivity contribution in [3.63, 3.8) is 0 Å². The van der Waals surface area contributed by atoms with E-state index in [0.717, 1.165) is 13.1 Å². The molecule has 1 fully saturated rings. The highest BCUT2D eigenvalue weighted by Gasteiger charge is 2.24. The molecule has 0 radical (unpaired) electrons. The summed E-state index contributed by atoms with van der Waals surface area (Å²) >= 11 is 0. The number of nitrogens with two attached hydrogens (primary N) is 1. The summed E-state index contributed by atoms with van der Waals surface area (Å²) in [5.41, 5.74) is 5.58. The Morgan fingerprint density at radius 2 is 2.30 bits per heavy atom. The van der Waals surface area contributed by atoms with E-state index in [1.54, 1.807) is 24.3 Å². The highest BCUT2D eigenvalue weighted by atomic mass is 16.5. The van der Waals surface area contributed by atoms with Crippen molar-refractivity contribution >= 4 is 11.8 Å². The molecular weight excluding hydrogens is 258 g/mol. The van der Waals surface area contributed by atoms with E-state index >= 15 is 0 Å². The van der Waals surface area contributed by atoms with E-state index in [1.165, 1.54) is 0 Å². The maximum Gasteiger partial charge on any atom is 0.255 e. The zero-order valence-electron chi connectivity index (χ0n) is 11.5. The quantitative estimate of drug-likeness (QED) is 0.810. The van der Waals surface area contributed by atoms with Crippen LogP contribution in [0.15, 0.2) is 24.3 Å². The molecule has 1 atom stereocenters.